The molecule has 9 aromatic rings. The molecule has 0 bridgehead atoms. The van der Waals surface area contributed by atoms with Gasteiger partial charge in [-0.3, -0.25) is 0 Å². The Morgan fingerprint density at radius 1 is 0.273 bits per heavy atom. The van der Waals surface area contributed by atoms with Crippen molar-refractivity contribution in [3.05, 3.63) is 170 Å². The van der Waals surface area contributed by atoms with E-state index in [1.807, 2.05) is 0 Å². The molecular weight excluding hydrogens is 532 g/mol. The normalized spacial score (nSPS) is 11.6. The molecule has 0 saturated carbocycles. The highest BCUT2D eigenvalue weighted by atomic mass is 15.0. The van der Waals surface area contributed by atoms with Crippen molar-refractivity contribution in [1.29, 1.82) is 0 Å². The van der Waals surface area contributed by atoms with Crippen LogP contribution in [0.2, 0.25) is 0 Å². The van der Waals surface area contributed by atoms with Crippen LogP contribution in [0.3, 0.4) is 0 Å². The second kappa shape index (κ2) is 9.86. The molecule has 9 rings (SSSR count). The van der Waals surface area contributed by atoms with E-state index in [0.29, 0.717) is 0 Å². The van der Waals surface area contributed by atoms with Gasteiger partial charge in [-0.25, -0.2) is 0 Å². The van der Waals surface area contributed by atoms with Gasteiger partial charge in [0.2, 0.25) is 0 Å². The van der Waals surface area contributed by atoms with Crippen LogP contribution in [0.5, 0.6) is 0 Å². The lowest BCUT2D eigenvalue weighted by Gasteiger charge is -2.15. The van der Waals surface area contributed by atoms with E-state index in [-0.39, 0.29) is 0 Å². The van der Waals surface area contributed by atoms with E-state index in [1.54, 1.807) is 0 Å². The van der Waals surface area contributed by atoms with Gasteiger partial charge >= 0.3 is 0 Å². The summed E-state index contributed by atoms with van der Waals surface area (Å²) >= 11 is 0. The Hall–Kier alpha value is -5.86. The summed E-state index contributed by atoms with van der Waals surface area (Å²) in [5.41, 5.74) is 12.0. The summed E-state index contributed by atoms with van der Waals surface area (Å²) in [6.45, 7) is 0. The monoisotopic (exact) mass is 560 g/mol. The number of fused-ring (bicyclic) bond motifs is 6. The summed E-state index contributed by atoms with van der Waals surface area (Å²) in [5.74, 6) is 0. The summed E-state index contributed by atoms with van der Waals surface area (Å²) in [7, 11) is 0. The Balaban J connectivity index is 1.43. The third-order valence-corrected chi connectivity index (χ3v) is 8.93. The molecule has 2 nitrogen and oxygen atoms in total. The summed E-state index contributed by atoms with van der Waals surface area (Å²) in [5, 5.41) is 5.04. The summed E-state index contributed by atoms with van der Waals surface area (Å²) < 4.78 is 4.91. The fourth-order valence-electron chi connectivity index (χ4n) is 7.01. The highest BCUT2D eigenvalue weighted by Gasteiger charge is 2.20. The fraction of sp³-hybridized carbons (Fsp3) is 0. The van der Waals surface area contributed by atoms with Gasteiger partial charge in [-0.15, -0.1) is 0 Å². The third-order valence-electron chi connectivity index (χ3n) is 8.93. The van der Waals surface area contributed by atoms with Crippen LogP contribution in [0, 0.1) is 0 Å². The third kappa shape index (κ3) is 3.68. The number of hydrogen-bond acceptors (Lipinski definition) is 0. The quantitative estimate of drug-likeness (QED) is 0.203. The number of rotatable bonds is 4. The van der Waals surface area contributed by atoms with Gasteiger partial charge < -0.3 is 9.13 Å². The minimum Gasteiger partial charge on any atom is -0.309 e. The van der Waals surface area contributed by atoms with Gasteiger partial charge in [0, 0.05) is 32.7 Å². The molecule has 0 atom stereocenters. The molecule has 0 unspecified atom stereocenters. The Kier molecular flexibility index (Phi) is 5.54. The van der Waals surface area contributed by atoms with Gasteiger partial charge in [0.25, 0.3) is 0 Å². The van der Waals surface area contributed by atoms with Crippen molar-refractivity contribution < 1.29 is 0 Å². The van der Waals surface area contributed by atoms with Gasteiger partial charge in [-0.1, -0.05) is 133 Å². The van der Waals surface area contributed by atoms with Crippen LogP contribution >= 0.6 is 0 Å². The molecular formula is C42H28N2. The lowest BCUT2D eigenvalue weighted by Crippen LogP contribution is -1.99. The predicted molar refractivity (Wildman–Crippen MR) is 186 cm³/mol. The van der Waals surface area contributed by atoms with E-state index in [9.17, 15) is 0 Å². The van der Waals surface area contributed by atoms with Gasteiger partial charge in [-0.05, 0) is 47.5 Å². The first-order valence-corrected chi connectivity index (χ1v) is 15.1. The highest BCUT2D eigenvalue weighted by molar-refractivity contribution is 6.19. The standard InChI is InChI=1S/C42H28N2/c1-3-15-29(16-4-1)31-19-7-11-23-37(31)43-39-25-13-9-21-33(39)35-27-36-34-22-10-14-26-40(34)44(42(36)28-41(35)43)38-24-12-8-20-32(38)30-17-5-2-6-18-30/h1-28H. The van der Waals surface area contributed by atoms with E-state index in [2.05, 4.69) is 179 Å². The van der Waals surface area contributed by atoms with Crippen molar-refractivity contribution in [3.63, 3.8) is 0 Å². The zero-order valence-corrected chi connectivity index (χ0v) is 24.1. The van der Waals surface area contributed by atoms with Gasteiger partial charge in [0.15, 0.2) is 0 Å². The fourth-order valence-corrected chi connectivity index (χ4v) is 7.01. The largest absolute Gasteiger partial charge is 0.309 e. The van der Waals surface area contributed by atoms with E-state index in [0.717, 1.165) is 0 Å². The van der Waals surface area contributed by atoms with Crippen LogP contribution in [0.25, 0.3) is 77.2 Å². The first-order chi connectivity index (χ1) is 21.9. The molecule has 2 heteroatoms. The Morgan fingerprint density at radius 2 is 0.659 bits per heavy atom. The molecule has 0 spiro atoms. The zero-order valence-electron chi connectivity index (χ0n) is 24.1. The molecule has 0 radical (unpaired) electrons. The molecule has 0 aliphatic carbocycles. The number of nitrogens with zero attached hydrogens (tertiary/aromatic N) is 2. The molecule has 44 heavy (non-hydrogen) atoms. The van der Waals surface area contributed by atoms with E-state index in [1.165, 1.54) is 77.2 Å². The van der Waals surface area contributed by atoms with Crippen LogP contribution < -0.4 is 0 Å². The maximum atomic E-state index is 2.46. The Labute approximate surface area is 255 Å². The molecule has 7 aromatic carbocycles. The molecule has 0 fully saturated rings. The van der Waals surface area contributed by atoms with Crippen LogP contribution in [0.15, 0.2) is 170 Å². The molecule has 2 aromatic heterocycles. The van der Waals surface area contributed by atoms with E-state index >= 15 is 0 Å². The first kappa shape index (κ1) is 24.7. The summed E-state index contributed by atoms with van der Waals surface area (Å²) in [4.78, 5) is 0. The lowest BCUT2D eigenvalue weighted by molar-refractivity contribution is 1.17. The van der Waals surface area contributed by atoms with Gasteiger partial charge in [0.05, 0.1) is 33.4 Å². The average Bonchev–Trinajstić information content (AvgIpc) is 3.60. The number of aromatic nitrogens is 2. The molecule has 2 heterocycles. The second-order valence-electron chi connectivity index (χ2n) is 11.4. The Bertz CT molecular complexity index is 2310. The average molecular weight is 561 g/mol. The number of benzene rings is 7. The summed E-state index contributed by atoms with van der Waals surface area (Å²) in [6, 6.07) is 61.4. The molecule has 0 N–H and O–H groups in total. The van der Waals surface area contributed by atoms with Crippen molar-refractivity contribution >= 4 is 43.6 Å². The predicted octanol–water partition coefficient (Wildman–Crippen LogP) is 11.2. The molecule has 0 aliphatic heterocycles. The SMILES string of the molecule is c1ccc(-c2ccccc2-n2c3ccccc3c3cc4c5ccccc5n(-c5ccccc5-c5ccccc5)c4cc32)cc1. The Morgan fingerprint density at radius 3 is 1.14 bits per heavy atom. The van der Waals surface area contributed by atoms with Gasteiger partial charge in [-0.2, -0.15) is 0 Å². The van der Waals surface area contributed by atoms with Crippen LogP contribution in [-0.2, 0) is 0 Å². The molecule has 0 amide bonds. The summed E-state index contributed by atoms with van der Waals surface area (Å²) in [6.07, 6.45) is 0. The zero-order chi connectivity index (χ0) is 29.0. The minimum atomic E-state index is 1.18. The first-order valence-electron chi connectivity index (χ1n) is 15.1. The van der Waals surface area contributed by atoms with Crippen LogP contribution in [0.1, 0.15) is 0 Å². The van der Waals surface area contributed by atoms with Crippen LogP contribution in [-0.4, -0.2) is 9.13 Å². The van der Waals surface area contributed by atoms with E-state index < -0.39 is 0 Å². The smallest absolute Gasteiger partial charge is 0.0562 e. The molecule has 206 valence electrons. The number of hydrogen-bond donors (Lipinski definition) is 0. The second-order valence-corrected chi connectivity index (χ2v) is 11.4. The topological polar surface area (TPSA) is 9.86 Å². The van der Waals surface area contributed by atoms with Crippen molar-refractivity contribution in [2.75, 3.05) is 0 Å². The minimum absolute atomic E-state index is 1.18. The van der Waals surface area contributed by atoms with E-state index in [4.69, 9.17) is 0 Å². The maximum absolute atomic E-state index is 2.46. The molecule has 0 aliphatic rings. The highest BCUT2D eigenvalue weighted by Crippen LogP contribution is 2.42. The van der Waals surface area contributed by atoms with Crippen molar-refractivity contribution in [1.82, 2.24) is 9.13 Å². The lowest BCUT2D eigenvalue weighted by atomic mass is 10.0. The van der Waals surface area contributed by atoms with Gasteiger partial charge in [0.1, 0.15) is 0 Å². The number of para-hydroxylation sites is 4. The molecule has 0 saturated heterocycles. The van der Waals surface area contributed by atoms with Crippen molar-refractivity contribution in [2.45, 2.75) is 0 Å². The van der Waals surface area contributed by atoms with Crippen molar-refractivity contribution in [3.8, 4) is 33.6 Å². The van der Waals surface area contributed by atoms with Crippen molar-refractivity contribution in [2.24, 2.45) is 0 Å². The van der Waals surface area contributed by atoms with Crippen LogP contribution in [0.4, 0.5) is 0 Å². The maximum Gasteiger partial charge on any atom is 0.0562 e.